The molecule has 3 unspecified atom stereocenters. The Morgan fingerprint density at radius 3 is 2.64 bits per heavy atom. The number of carbonyl (C=O) groups is 1. The van der Waals surface area contributed by atoms with Crippen LogP contribution in [0.25, 0.3) is 0 Å². The summed E-state index contributed by atoms with van der Waals surface area (Å²) in [5, 5.41) is 0. The summed E-state index contributed by atoms with van der Waals surface area (Å²) in [6.07, 6.45) is 8.73. The second-order valence-corrected chi connectivity index (χ2v) is 7.35. The summed E-state index contributed by atoms with van der Waals surface area (Å²) in [6, 6.07) is 9.75. The minimum absolute atomic E-state index is 0.171. The van der Waals surface area contributed by atoms with Gasteiger partial charge in [-0.05, 0) is 62.5 Å². The first-order chi connectivity index (χ1) is 10.7. The second kappa shape index (κ2) is 5.69. The largest absolute Gasteiger partial charge is 0.332 e. The highest BCUT2D eigenvalue weighted by Crippen LogP contribution is 2.42. The van der Waals surface area contributed by atoms with E-state index in [2.05, 4.69) is 29.2 Å². The highest BCUT2D eigenvalue weighted by atomic mass is 16.2. The molecule has 4 rings (SSSR count). The molecule has 0 radical (unpaired) electrons. The molecule has 3 aliphatic carbocycles. The number of carbonyl (C=O) groups excluding carboxylic acids is 1. The quantitative estimate of drug-likeness (QED) is 0.931. The van der Waals surface area contributed by atoms with Gasteiger partial charge in [-0.15, -0.1) is 0 Å². The van der Waals surface area contributed by atoms with Crippen molar-refractivity contribution in [2.24, 2.45) is 11.7 Å². The lowest BCUT2D eigenvalue weighted by atomic mass is 9.86. The van der Waals surface area contributed by atoms with E-state index >= 15 is 0 Å². The lowest BCUT2D eigenvalue weighted by molar-refractivity contribution is -0.139. The Labute approximate surface area is 132 Å². The Morgan fingerprint density at radius 1 is 1.09 bits per heavy atom. The fourth-order valence-corrected chi connectivity index (χ4v) is 4.41. The fourth-order valence-electron chi connectivity index (χ4n) is 4.41. The molecule has 1 aromatic carbocycles. The Morgan fingerprint density at radius 2 is 1.91 bits per heavy atom. The van der Waals surface area contributed by atoms with Crippen molar-refractivity contribution in [3.8, 4) is 0 Å². The van der Waals surface area contributed by atoms with E-state index in [9.17, 15) is 4.79 Å². The van der Waals surface area contributed by atoms with Crippen molar-refractivity contribution in [3.63, 3.8) is 0 Å². The maximum absolute atomic E-state index is 13.2. The summed E-state index contributed by atoms with van der Waals surface area (Å²) in [5.74, 6) is 0.557. The van der Waals surface area contributed by atoms with Crippen LogP contribution in [0.4, 0.5) is 0 Å². The molecular formula is C19H26N2O. The molecule has 2 N–H and O–H groups in total. The van der Waals surface area contributed by atoms with Crippen LogP contribution >= 0.6 is 0 Å². The molecule has 1 aromatic rings. The molecule has 0 spiro atoms. The molecule has 0 saturated heterocycles. The van der Waals surface area contributed by atoms with Gasteiger partial charge in [0.05, 0.1) is 6.04 Å². The SMILES string of the molecule is NC1CCC(C(=O)N(C2CC2)C2CCCc3ccccc32)C1. The minimum Gasteiger partial charge on any atom is -0.332 e. The van der Waals surface area contributed by atoms with Gasteiger partial charge in [0.25, 0.3) is 0 Å². The van der Waals surface area contributed by atoms with E-state index in [1.807, 2.05) is 0 Å². The number of amides is 1. The highest BCUT2D eigenvalue weighted by Gasteiger charge is 2.42. The van der Waals surface area contributed by atoms with Crippen LogP contribution in [0.3, 0.4) is 0 Å². The molecule has 0 heterocycles. The highest BCUT2D eigenvalue weighted by molar-refractivity contribution is 5.80. The molecule has 3 atom stereocenters. The summed E-state index contributed by atoms with van der Waals surface area (Å²) in [5.41, 5.74) is 8.88. The third-order valence-electron chi connectivity index (χ3n) is 5.69. The van der Waals surface area contributed by atoms with Crippen LogP contribution in [0.5, 0.6) is 0 Å². The van der Waals surface area contributed by atoms with Crippen LogP contribution in [0.1, 0.15) is 62.1 Å². The maximum Gasteiger partial charge on any atom is 0.226 e. The Bertz CT molecular complexity index is 566. The van der Waals surface area contributed by atoms with Gasteiger partial charge in [-0.2, -0.15) is 0 Å². The van der Waals surface area contributed by atoms with E-state index in [-0.39, 0.29) is 12.0 Å². The number of hydrogen-bond donors (Lipinski definition) is 1. The average Bonchev–Trinajstić information content (AvgIpc) is 3.28. The number of aryl methyl sites for hydroxylation is 1. The van der Waals surface area contributed by atoms with Gasteiger partial charge in [-0.3, -0.25) is 4.79 Å². The predicted octanol–water partition coefficient (Wildman–Crippen LogP) is 3.18. The zero-order valence-corrected chi connectivity index (χ0v) is 13.2. The van der Waals surface area contributed by atoms with Crippen LogP contribution in [0.2, 0.25) is 0 Å². The average molecular weight is 298 g/mol. The van der Waals surface area contributed by atoms with Gasteiger partial charge in [0.15, 0.2) is 0 Å². The number of fused-ring (bicyclic) bond motifs is 1. The van der Waals surface area contributed by atoms with E-state index in [0.717, 1.165) is 32.1 Å². The zero-order chi connectivity index (χ0) is 15.1. The standard InChI is InChI=1S/C19H26N2O/c20-15-9-8-14(12-15)19(22)21(16-10-11-16)18-7-3-5-13-4-1-2-6-17(13)18/h1-2,4,6,14-16,18H,3,5,7-12,20H2. The molecule has 22 heavy (non-hydrogen) atoms. The van der Waals surface area contributed by atoms with Gasteiger partial charge in [-0.25, -0.2) is 0 Å². The first-order valence-corrected chi connectivity index (χ1v) is 8.89. The molecule has 0 bridgehead atoms. The molecule has 3 aliphatic rings. The molecule has 3 heteroatoms. The fraction of sp³-hybridized carbons (Fsp3) is 0.632. The van der Waals surface area contributed by atoms with Crippen molar-refractivity contribution in [2.75, 3.05) is 0 Å². The summed E-state index contributed by atoms with van der Waals surface area (Å²) < 4.78 is 0. The van der Waals surface area contributed by atoms with Crippen LogP contribution in [0, 0.1) is 5.92 Å². The molecular weight excluding hydrogens is 272 g/mol. The Kier molecular flexibility index (Phi) is 3.69. The summed E-state index contributed by atoms with van der Waals surface area (Å²) >= 11 is 0. The molecule has 1 amide bonds. The molecule has 118 valence electrons. The number of nitrogens with zero attached hydrogens (tertiary/aromatic N) is 1. The Hall–Kier alpha value is -1.35. The molecule has 2 fully saturated rings. The number of hydrogen-bond acceptors (Lipinski definition) is 2. The van der Waals surface area contributed by atoms with Crippen LogP contribution in [-0.4, -0.2) is 22.9 Å². The van der Waals surface area contributed by atoms with E-state index in [1.165, 1.54) is 30.4 Å². The van der Waals surface area contributed by atoms with Gasteiger partial charge in [-0.1, -0.05) is 24.3 Å². The van der Waals surface area contributed by atoms with Crippen molar-refractivity contribution < 1.29 is 4.79 Å². The maximum atomic E-state index is 13.2. The minimum atomic E-state index is 0.171. The first kappa shape index (κ1) is 14.3. The summed E-state index contributed by atoms with van der Waals surface area (Å²) in [7, 11) is 0. The molecule has 2 saturated carbocycles. The lowest BCUT2D eigenvalue weighted by Crippen LogP contribution is -2.41. The van der Waals surface area contributed by atoms with E-state index in [1.54, 1.807) is 0 Å². The normalized spacial score (nSPS) is 30.9. The Balaban J connectivity index is 1.62. The first-order valence-electron chi connectivity index (χ1n) is 8.89. The van der Waals surface area contributed by atoms with Gasteiger partial charge in [0, 0.05) is 18.0 Å². The summed E-state index contributed by atoms with van der Waals surface area (Å²) in [4.78, 5) is 15.4. The third kappa shape index (κ3) is 2.56. The third-order valence-corrected chi connectivity index (χ3v) is 5.69. The van der Waals surface area contributed by atoms with Crippen molar-refractivity contribution >= 4 is 5.91 Å². The topological polar surface area (TPSA) is 46.3 Å². The number of rotatable bonds is 3. The number of benzene rings is 1. The van der Waals surface area contributed by atoms with Gasteiger partial charge >= 0.3 is 0 Å². The second-order valence-electron chi connectivity index (χ2n) is 7.35. The monoisotopic (exact) mass is 298 g/mol. The van der Waals surface area contributed by atoms with Crippen molar-refractivity contribution in [2.45, 2.75) is 69.5 Å². The zero-order valence-electron chi connectivity index (χ0n) is 13.2. The van der Waals surface area contributed by atoms with E-state index < -0.39 is 0 Å². The molecule has 0 aliphatic heterocycles. The molecule has 3 nitrogen and oxygen atoms in total. The van der Waals surface area contributed by atoms with Crippen LogP contribution < -0.4 is 5.73 Å². The number of nitrogens with two attached hydrogens (primary N) is 1. The van der Waals surface area contributed by atoms with Gasteiger partial charge in [0.2, 0.25) is 5.91 Å². The summed E-state index contributed by atoms with van der Waals surface area (Å²) in [6.45, 7) is 0. The predicted molar refractivity (Wildman–Crippen MR) is 87.3 cm³/mol. The molecule has 0 aromatic heterocycles. The van der Waals surface area contributed by atoms with Gasteiger partial charge in [0.1, 0.15) is 0 Å². The van der Waals surface area contributed by atoms with Crippen LogP contribution in [-0.2, 0) is 11.2 Å². The van der Waals surface area contributed by atoms with Crippen LogP contribution in [0.15, 0.2) is 24.3 Å². The van der Waals surface area contributed by atoms with Crippen molar-refractivity contribution in [1.82, 2.24) is 4.90 Å². The van der Waals surface area contributed by atoms with Crippen molar-refractivity contribution in [1.29, 1.82) is 0 Å². The van der Waals surface area contributed by atoms with E-state index in [4.69, 9.17) is 5.73 Å². The smallest absolute Gasteiger partial charge is 0.226 e. The van der Waals surface area contributed by atoms with Crippen molar-refractivity contribution in [3.05, 3.63) is 35.4 Å². The van der Waals surface area contributed by atoms with Gasteiger partial charge < -0.3 is 10.6 Å². The lowest BCUT2D eigenvalue weighted by Gasteiger charge is -2.37. The van der Waals surface area contributed by atoms with E-state index in [0.29, 0.717) is 18.0 Å².